The van der Waals surface area contributed by atoms with Gasteiger partial charge >= 0.3 is 0 Å². The van der Waals surface area contributed by atoms with Gasteiger partial charge in [-0.15, -0.1) is 0 Å². The van der Waals surface area contributed by atoms with Gasteiger partial charge < -0.3 is 0 Å². The van der Waals surface area contributed by atoms with Gasteiger partial charge in [-0.05, 0) is 18.2 Å². The van der Waals surface area contributed by atoms with Crippen LogP contribution in [0, 0.1) is 11.8 Å². The van der Waals surface area contributed by atoms with Crippen LogP contribution in [0.2, 0.25) is 5.15 Å². The van der Waals surface area contributed by atoms with Crippen LogP contribution in [-0.2, 0) is 0 Å². The van der Waals surface area contributed by atoms with E-state index in [1.54, 1.807) is 0 Å². The molecule has 0 aliphatic rings. The molecule has 0 fully saturated rings. The normalized spacial score (nSPS) is 10.3. The fourth-order valence-corrected chi connectivity index (χ4v) is 1.40. The molecule has 76 valence electrons. The molecule has 2 aromatic rings. The summed E-state index contributed by atoms with van der Waals surface area (Å²) < 4.78 is 25.5. The number of halogens is 3. The molecule has 0 saturated heterocycles. The maximum Gasteiger partial charge on any atom is 0.214 e. The monoisotopic (exact) mass is 226 g/mol. The Morgan fingerprint density at radius 1 is 1.13 bits per heavy atom. The SMILES string of the molecule is Fc1ccnc(-c2ccc(F)nc2Cl)c1. The summed E-state index contributed by atoms with van der Waals surface area (Å²) in [6, 6.07) is 4.98. The number of hydrogen-bond donors (Lipinski definition) is 0. The lowest BCUT2D eigenvalue weighted by Crippen LogP contribution is -1.90. The van der Waals surface area contributed by atoms with Gasteiger partial charge in [0.05, 0.1) is 5.69 Å². The standard InChI is InChI=1S/C10H5ClF2N2/c11-10-7(1-2-9(13)15-10)8-5-6(12)3-4-14-8/h1-5H. The van der Waals surface area contributed by atoms with Crippen molar-refractivity contribution in [1.82, 2.24) is 9.97 Å². The zero-order valence-electron chi connectivity index (χ0n) is 7.42. The summed E-state index contributed by atoms with van der Waals surface area (Å²) in [6.45, 7) is 0. The summed E-state index contributed by atoms with van der Waals surface area (Å²) in [4.78, 5) is 7.33. The fourth-order valence-electron chi connectivity index (χ4n) is 1.16. The van der Waals surface area contributed by atoms with Crippen LogP contribution in [0.4, 0.5) is 8.78 Å². The summed E-state index contributed by atoms with van der Waals surface area (Å²) in [6.07, 6.45) is 1.31. The molecule has 0 aliphatic carbocycles. The van der Waals surface area contributed by atoms with E-state index >= 15 is 0 Å². The van der Waals surface area contributed by atoms with Crippen molar-refractivity contribution in [3.05, 3.63) is 47.4 Å². The molecule has 0 amide bonds. The average molecular weight is 227 g/mol. The third-order valence-corrected chi connectivity index (χ3v) is 2.10. The van der Waals surface area contributed by atoms with Crippen LogP contribution in [0.15, 0.2) is 30.5 Å². The van der Waals surface area contributed by atoms with Crippen molar-refractivity contribution < 1.29 is 8.78 Å². The molecule has 5 heteroatoms. The van der Waals surface area contributed by atoms with Crippen LogP contribution in [0.3, 0.4) is 0 Å². The Bertz CT molecular complexity index is 503. The number of aromatic nitrogens is 2. The molecule has 0 N–H and O–H groups in total. The third kappa shape index (κ3) is 2.10. The van der Waals surface area contributed by atoms with Gasteiger partial charge in [-0.2, -0.15) is 4.39 Å². The van der Waals surface area contributed by atoms with Crippen molar-refractivity contribution in [3.8, 4) is 11.3 Å². The van der Waals surface area contributed by atoms with E-state index in [0.717, 1.165) is 6.07 Å². The summed E-state index contributed by atoms with van der Waals surface area (Å²) in [5, 5.41) is -0.0342. The highest BCUT2D eigenvalue weighted by atomic mass is 35.5. The highest BCUT2D eigenvalue weighted by molar-refractivity contribution is 6.32. The maximum atomic E-state index is 12.9. The second-order valence-corrected chi connectivity index (χ2v) is 3.19. The van der Waals surface area contributed by atoms with Crippen molar-refractivity contribution in [2.24, 2.45) is 0 Å². The van der Waals surface area contributed by atoms with Crippen LogP contribution in [0.1, 0.15) is 0 Å². The summed E-state index contributed by atoms with van der Waals surface area (Å²) in [5.74, 6) is -1.11. The Labute approximate surface area is 89.6 Å². The van der Waals surface area contributed by atoms with Gasteiger partial charge in [0.1, 0.15) is 11.0 Å². The lowest BCUT2D eigenvalue weighted by atomic mass is 10.2. The lowest BCUT2D eigenvalue weighted by molar-refractivity contribution is 0.584. The molecular formula is C10H5ClF2N2. The first-order valence-corrected chi connectivity index (χ1v) is 4.48. The Kier molecular flexibility index (Phi) is 2.60. The van der Waals surface area contributed by atoms with Crippen LogP contribution < -0.4 is 0 Å². The van der Waals surface area contributed by atoms with Crippen molar-refractivity contribution in [2.75, 3.05) is 0 Å². The van der Waals surface area contributed by atoms with Crippen LogP contribution in [0.5, 0.6) is 0 Å². The van der Waals surface area contributed by atoms with Crippen LogP contribution in [-0.4, -0.2) is 9.97 Å². The van der Waals surface area contributed by atoms with Crippen molar-refractivity contribution >= 4 is 11.6 Å². The molecule has 2 aromatic heterocycles. The molecule has 0 spiro atoms. The van der Waals surface area contributed by atoms with E-state index in [-0.39, 0.29) is 5.15 Å². The van der Waals surface area contributed by atoms with Gasteiger partial charge in [-0.25, -0.2) is 9.37 Å². The van der Waals surface area contributed by atoms with E-state index in [4.69, 9.17) is 11.6 Å². The average Bonchev–Trinajstić information content (AvgIpc) is 2.17. The highest BCUT2D eigenvalue weighted by Crippen LogP contribution is 2.24. The predicted molar refractivity (Wildman–Crippen MR) is 52.4 cm³/mol. The van der Waals surface area contributed by atoms with Crippen LogP contribution >= 0.6 is 11.6 Å². The molecule has 0 unspecified atom stereocenters. The van der Waals surface area contributed by atoms with Crippen molar-refractivity contribution in [3.63, 3.8) is 0 Å². The second kappa shape index (κ2) is 3.90. The van der Waals surface area contributed by atoms with Gasteiger partial charge in [0.25, 0.3) is 0 Å². The zero-order valence-corrected chi connectivity index (χ0v) is 8.17. The molecule has 0 aromatic carbocycles. The minimum absolute atomic E-state index is 0.0342. The quantitative estimate of drug-likeness (QED) is 0.699. The van der Waals surface area contributed by atoms with Crippen molar-refractivity contribution in [1.29, 1.82) is 0 Å². The van der Waals surface area contributed by atoms with Gasteiger partial charge in [-0.3, -0.25) is 4.98 Å². The van der Waals surface area contributed by atoms with Crippen LogP contribution in [0.25, 0.3) is 11.3 Å². The molecule has 0 aliphatic heterocycles. The third-order valence-electron chi connectivity index (χ3n) is 1.81. The number of nitrogens with zero attached hydrogens (tertiary/aromatic N) is 2. The van der Waals surface area contributed by atoms with Gasteiger partial charge in [-0.1, -0.05) is 11.6 Å². The van der Waals surface area contributed by atoms with E-state index in [1.807, 2.05) is 0 Å². The number of hydrogen-bond acceptors (Lipinski definition) is 2. The summed E-state index contributed by atoms with van der Waals surface area (Å²) >= 11 is 5.70. The molecule has 0 saturated carbocycles. The second-order valence-electron chi connectivity index (χ2n) is 2.83. The van der Waals surface area contributed by atoms with Gasteiger partial charge in [0, 0.05) is 17.8 Å². The minimum Gasteiger partial charge on any atom is -0.256 e. The van der Waals surface area contributed by atoms with Crippen molar-refractivity contribution in [2.45, 2.75) is 0 Å². The molecular weight excluding hydrogens is 222 g/mol. The predicted octanol–water partition coefficient (Wildman–Crippen LogP) is 3.08. The smallest absolute Gasteiger partial charge is 0.214 e. The zero-order chi connectivity index (χ0) is 10.8. The first kappa shape index (κ1) is 9.98. The number of rotatable bonds is 1. The molecule has 2 rings (SSSR count). The van der Waals surface area contributed by atoms with E-state index < -0.39 is 11.8 Å². The summed E-state index contributed by atoms with van der Waals surface area (Å²) in [5.41, 5.74) is 0.727. The van der Waals surface area contributed by atoms with E-state index in [9.17, 15) is 8.78 Å². The molecule has 0 bridgehead atoms. The van der Waals surface area contributed by atoms with Gasteiger partial charge in [0.15, 0.2) is 0 Å². The first-order valence-electron chi connectivity index (χ1n) is 4.11. The van der Waals surface area contributed by atoms with E-state index in [0.29, 0.717) is 11.3 Å². The topological polar surface area (TPSA) is 25.8 Å². The Morgan fingerprint density at radius 2 is 1.93 bits per heavy atom. The molecule has 15 heavy (non-hydrogen) atoms. The minimum atomic E-state index is -0.680. The summed E-state index contributed by atoms with van der Waals surface area (Å²) in [7, 11) is 0. The number of pyridine rings is 2. The molecule has 0 radical (unpaired) electrons. The first-order chi connectivity index (χ1) is 7.16. The molecule has 0 atom stereocenters. The lowest BCUT2D eigenvalue weighted by Gasteiger charge is -2.02. The largest absolute Gasteiger partial charge is 0.256 e. The van der Waals surface area contributed by atoms with E-state index in [2.05, 4.69) is 9.97 Å². The highest BCUT2D eigenvalue weighted by Gasteiger charge is 2.07. The Hall–Kier alpha value is -1.55. The fraction of sp³-hybridized carbons (Fsp3) is 0. The maximum absolute atomic E-state index is 12.9. The van der Waals surface area contributed by atoms with E-state index in [1.165, 1.54) is 24.4 Å². The molecule has 2 heterocycles. The Morgan fingerprint density at radius 3 is 2.60 bits per heavy atom. The molecule has 2 nitrogen and oxygen atoms in total. The van der Waals surface area contributed by atoms with Gasteiger partial charge in [0.2, 0.25) is 5.95 Å². The Balaban J connectivity index is 2.54.